The summed E-state index contributed by atoms with van der Waals surface area (Å²) in [5.74, 6) is 0.334. The zero-order chi connectivity index (χ0) is 39.8. The minimum atomic E-state index is -0.920. The van der Waals surface area contributed by atoms with Crippen molar-refractivity contribution >= 4 is 50.2 Å². The molecule has 2 heterocycles. The van der Waals surface area contributed by atoms with E-state index >= 15 is 0 Å². The number of anilines is 2. The standard InChI is InChI=1S/C43H48BrN5O7/c1-49(2)20-18-30(19-21-49)56-43(54)47-35-22-27(12-13-31(35)28-9-5-4-6-10-28)8-7-11-40(52)46-36-24-39(55-3)29(23-34(36)44)25-45-26-38(51)32-14-16-37(50)42-33(32)15-17-41(53)48-42/h4-6,9-10,12-17,22-24,30,38,45,51H,7-8,11,18-21,25-26H2,1-3H3,(H3-,46,47,48,50,52,53,54)/p+1/t38-/m1/s1. The first kappa shape index (κ1) is 40.5. The van der Waals surface area contributed by atoms with E-state index in [0.717, 1.165) is 52.7 Å². The Hall–Kier alpha value is -5.21. The van der Waals surface area contributed by atoms with Crippen LogP contribution in [0.3, 0.4) is 0 Å². The molecule has 4 aromatic carbocycles. The van der Waals surface area contributed by atoms with Crippen LogP contribution in [0.5, 0.6) is 11.5 Å². The molecule has 0 bridgehead atoms. The van der Waals surface area contributed by atoms with Crippen molar-refractivity contribution in [3.8, 4) is 22.6 Å². The molecule has 56 heavy (non-hydrogen) atoms. The number of benzene rings is 4. The van der Waals surface area contributed by atoms with E-state index in [1.165, 1.54) is 12.1 Å². The molecule has 1 atom stereocenters. The molecule has 294 valence electrons. The molecule has 12 nitrogen and oxygen atoms in total. The van der Waals surface area contributed by atoms with E-state index < -0.39 is 12.2 Å². The second-order valence-corrected chi connectivity index (χ2v) is 15.7. The lowest BCUT2D eigenvalue weighted by atomic mass is 9.99. The Labute approximate surface area is 334 Å². The van der Waals surface area contributed by atoms with Crippen LogP contribution >= 0.6 is 15.9 Å². The summed E-state index contributed by atoms with van der Waals surface area (Å²) in [6.45, 7) is 2.47. The minimum absolute atomic E-state index is 0.0718. The largest absolute Gasteiger partial charge is 0.506 e. The Bertz CT molecular complexity index is 2230. The average Bonchev–Trinajstić information content (AvgIpc) is 3.17. The molecule has 1 aliphatic heterocycles. The van der Waals surface area contributed by atoms with E-state index in [-0.39, 0.29) is 41.8 Å². The van der Waals surface area contributed by atoms with Gasteiger partial charge in [0.25, 0.3) is 0 Å². The second kappa shape index (κ2) is 18.2. The molecular formula is C43H49BrN5O7+. The number of aliphatic hydroxyl groups excluding tert-OH is 1. The molecule has 1 saturated heterocycles. The molecule has 0 aliphatic carbocycles. The van der Waals surface area contributed by atoms with Crippen molar-refractivity contribution in [2.45, 2.75) is 50.9 Å². The number of rotatable bonds is 14. The van der Waals surface area contributed by atoms with E-state index in [4.69, 9.17) is 9.47 Å². The molecule has 1 aromatic heterocycles. The molecule has 6 N–H and O–H groups in total. The zero-order valence-corrected chi connectivity index (χ0v) is 33.4. The fourth-order valence-electron chi connectivity index (χ4n) is 7.06. The van der Waals surface area contributed by atoms with Crippen LogP contribution in [-0.2, 0) is 22.5 Å². The van der Waals surface area contributed by atoms with Crippen LogP contribution in [0.15, 0.2) is 94.2 Å². The smallest absolute Gasteiger partial charge is 0.411 e. The number of piperidine rings is 1. The maximum absolute atomic E-state index is 13.1. The predicted octanol–water partition coefficient (Wildman–Crippen LogP) is 7.24. The number of aromatic hydroxyl groups is 1. The Balaban J connectivity index is 1.03. The summed E-state index contributed by atoms with van der Waals surface area (Å²) in [6, 6.07) is 25.5. The Kier molecular flexibility index (Phi) is 13.1. The van der Waals surface area contributed by atoms with Crippen molar-refractivity contribution in [3.05, 3.63) is 116 Å². The van der Waals surface area contributed by atoms with Crippen molar-refractivity contribution in [1.82, 2.24) is 10.3 Å². The molecule has 0 unspecified atom stereocenters. The highest BCUT2D eigenvalue weighted by Crippen LogP contribution is 2.33. The Morgan fingerprint density at radius 2 is 1.73 bits per heavy atom. The summed E-state index contributed by atoms with van der Waals surface area (Å²) in [5, 5.41) is 30.9. The second-order valence-electron chi connectivity index (χ2n) is 14.8. The fraction of sp³-hybridized carbons (Fsp3) is 0.326. The summed E-state index contributed by atoms with van der Waals surface area (Å²) >= 11 is 3.59. The van der Waals surface area contributed by atoms with Crippen LogP contribution in [0, 0.1) is 0 Å². The molecular weight excluding hydrogens is 778 g/mol. The first-order valence-corrected chi connectivity index (χ1v) is 19.6. The van der Waals surface area contributed by atoms with Gasteiger partial charge >= 0.3 is 6.09 Å². The number of aromatic nitrogens is 1. The number of quaternary nitrogens is 1. The summed E-state index contributed by atoms with van der Waals surface area (Å²) in [5.41, 5.74) is 5.39. The van der Waals surface area contributed by atoms with Gasteiger partial charge in [0.15, 0.2) is 0 Å². The van der Waals surface area contributed by atoms with E-state index in [1.807, 2.05) is 54.6 Å². The van der Waals surface area contributed by atoms with Gasteiger partial charge in [-0.15, -0.1) is 0 Å². The van der Waals surface area contributed by atoms with Crippen LogP contribution in [-0.4, -0.2) is 78.6 Å². The molecule has 6 rings (SSSR count). The normalized spacial score (nSPS) is 14.6. The lowest BCUT2D eigenvalue weighted by molar-refractivity contribution is -0.896. The summed E-state index contributed by atoms with van der Waals surface area (Å²) < 4.78 is 13.1. The van der Waals surface area contributed by atoms with Gasteiger partial charge in [-0.1, -0.05) is 48.5 Å². The number of hydrogen-bond acceptors (Lipinski definition) is 8. The highest BCUT2D eigenvalue weighted by atomic mass is 79.9. The number of carbonyl (C=O) groups is 2. The van der Waals surface area contributed by atoms with E-state index in [9.17, 15) is 24.6 Å². The zero-order valence-electron chi connectivity index (χ0n) is 31.9. The molecule has 0 radical (unpaired) electrons. The van der Waals surface area contributed by atoms with Crippen LogP contribution in [0.2, 0.25) is 0 Å². The van der Waals surface area contributed by atoms with Gasteiger partial charge in [-0.05, 0) is 69.7 Å². The lowest BCUT2D eigenvalue weighted by Gasteiger charge is -2.36. The Morgan fingerprint density at radius 3 is 2.48 bits per heavy atom. The molecule has 5 aromatic rings. The van der Waals surface area contributed by atoms with Crippen molar-refractivity contribution in [1.29, 1.82) is 0 Å². The van der Waals surface area contributed by atoms with Gasteiger partial charge in [0.1, 0.15) is 17.6 Å². The number of nitrogens with zero attached hydrogens (tertiary/aromatic N) is 1. The van der Waals surface area contributed by atoms with E-state index in [2.05, 4.69) is 51.0 Å². The summed E-state index contributed by atoms with van der Waals surface area (Å²) in [7, 11) is 5.94. The quantitative estimate of drug-likeness (QED) is 0.0639. The fourth-order valence-corrected chi connectivity index (χ4v) is 7.55. The van der Waals surface area contributed by atoms with Crippen LogP contribution < -0.4 is 26.2 Å². The number of likely N-dealkylation sites (tertiary alicyclic amines) is 1. The number of fused-ring (bicyclic) bond motifs is 1. The number of hydrogen-bond donors (Lipinski definition) is 6. The predicted molar refractivity (Wildman–Crippen MR) is 222 cm³/mol. The number of ether oxygens (including phenoxy) is 2. The van der Waals surface area contributed by atoms with Gasteiger partial charge in [0.05, 0.1) is 57.3 Å². The van der Waals surface area contributed by atoms with Crippen molar-refractivity contribution in [2.75, 3.05) is 51.5 Å². The third kappa shape index (κ3) is 10.3. The third-order valence-electron chi connectivity index (χ3n) is 10.2. The number of aliphatic hydroxyl groups is 1. The molecule has 2 amide bonds. The number of halogens is 1. The first-order chi connectivity index (χ1) is 26.9. The number of aromatic amines is 1. The van der Waals surface area contributed by atoms with Crippen molar-refractivity contribution < 1.29 is 33.8 Å². The Morgan fingerprint density at radius 1 is 0.964 bits per heavy atom. The highest BCUT2D eigenvalue weighted by Gasteiger charge is 2.28. The molecule has 13 heteroatoms. The SMILES string of the molecule is COc1cc(NC(=O)CCCc2ccc(-c3ccccc3)c(NC(=O)OC3CC[N+](C)(C)CC3)c2)c(Br)cc1CNC[C@@H](O)c1ccc(O)c2[nH]c(=O)ccc12. The number of carbonyl (C=O) groups excluding carboxylic acids is 2. The van der Waals surface area contributed by atoms with Gasteiger partial charge in [-0.3, -0.25) is 14.9 Å². The topological polar surface area (TPSA) is 162 Å². The first-order valence-electron chi connectivity index (χ1n) is 18.8. The highest BCUT2D eigenvalue weighted by molar-refractivity contribution is 9.10. The number of phenols is 1. The third-order valence-corrected chi connectivity index (χ3v) is 10.9. The number of nitrogens with one attached hydrogen (secondary N) is 4. The number of phenolic OH excluding ortho intramolecular Hbond substituents is 1. The molecule has 1 fully saturated rings. The van der Waals surface area contributed by atoms with Crippen molar-refractivity contribution in [3.63, 3.8) is 0 Å². The van der Waals surface area contributed by atoms with E-state index in [0.29, 0.717) is 51.9 Å². The van der Waals surface area contributed by atoms with Crippen LogP contribution in [0.4, 0.5) is 16.2 Å². The van der Waals surface area contributed by atoms with Crippen LogP contribution in [0.25, 0.3) is 22.0 Å². The molecule has 0 spiro atoms. The molecule has 0 saturated carbocycles. The number of amides is 2. The van der Waals surface area contributed by atoms with Gasteiger partial charge < -0.3 is 39.8 Å². The minimum Gasteiger partial charge on any atom is -0.506 e. The van der Waals surface area contributed by atoms with Crippen molar-refractivity contribution in [2.24, 2.45) is 0 Å². The van der Waals surface area contributed by atoms with E-state index in [1.54, 1.807) is 25.3 Å². The van der Waals surface area contributed by atoms with Gasteiger partial charge in [0, 0.05) is 65.5 Å². The lowest BCUT2D eigenvalue weighted by Crippen LogP contribution is -2.48. The molecule has 1 aliphatic rings. The number of methoxy groups -OCH3 is 1. The maximum atomic E-state index is 13.1. The van der Waals surface area contributed by atoms with Crippen LogP contribution in [0.1, 0.15) is 48.5 Å². The average molecular weight is 828 g/mol. The van der Waals surface area contributed by atoms with Gasteiger partial charge in [-0.2, -0.15) is 0 Å². The number of aryl methyl sites for hydroxylation is 1. The maximum Gasteiger partial charge on any atom is 0.411 e. The monoisotopic (exact) mass is 826 g/mol. The summed E-state index contributed by atoms with van der Waals surface area (Å²) in [4.78, 5) is 40.6. The van der Waals surface area contributed by atoms with Gasteiger partial charge in [0.2, 0.25) is 11.5 Å². The number of pyridine rings is 1. The summed E-state index contributed by atoms with van der Waals surface area (Å²) in [6.07, 6.45) is 1.66. The number of H-pyrrole nitrogens is 1. The van der Waals surface area contributed by atoms with Gasteiger partial charge in [-0.25, -0.2) is 4.79 Å².